The van der Waals surface area contributed by atoms with E-state index in [0.717, 1.165) is 4.90 Å². The summed E-state index contributed by atoms with van der Waals surface area (Å²) in [4.78, 5) is 70.6. The number of likely N-dealkylation sites (tertiary alicyclic amines) is 2. The van der Waals surface area contributed by atoms with Crippen LogP contribution in [0.4, 0.5) is 32.8 Å². The molecule has 2 aromatic rings. The Morgan fingerprint density at radius 3 is 2.17 bits per heavy atom. The number of likely N-dealkylation sites (N-methyl/N-ethyl adjacent to an activating group) is 1. The van der Waals surface area contributed by atoms with Crippen LogP contribution in [0.5, 0.6) is 5.75 Å². The van der Waals surface area contributed by atoms with Crippen LogP contribution in [0.1, 0.15) is 63.4 Å². The number of piperidine rings is 1. The third kappa shape index (κ3) is 7.11. The lowest BCUT2D eigenvalue weighted by atomic mass is 9.72. The monoisotopic (exact) mass is 733 g/mol. The number of benzene rings is 2. The molecule has 0 radical (unpaired) electrons. The van der Waals surface area contributed by atoms with E-state index in [9.17, 15) is 46.6 Å². The molecular weight excluding hydrogens is 690 g/mol. The first-order valence-electron chi connectivity index (χ1n) is 17.0. The van der Waals surface area contributed by atoms with E-state index in [1.807, 2.05) is 20.8 Å². The minimum absolute atomic E-state index is 0.0104. The van der Waals surface area contributed by atoms with Gasteiger partial charge in [-0.1, -0.05) is 34.6 Å². The molecule has 12 nitrogen and oxygen atoms in total. The van der Waals surface area contributed by atoms with E-state index >= 15 is 0 Å². The summed E-state index contributed by atoms with van der Waals surface area (Å²) in [5, 5.41) is 11.9. The third-order valence-electron chi connectivity index (χ3n) is 10.2. The average Bonchev–Trinajstić information content (AvgIpc) is 3.21. The molecule has 2 aromatic carbocycles. The first-order valence-corrected chi connectivity index (χ1v) is 17.0. The fourth-order valence-electron chi connectivity index (χ4n) is 7.52. The van der Waals surface area contributed by atoms with Crippen molar-refractivity contribution in [1.29, 1.82) is 0 Å². The minimum atomic E-state index is -4.81. The third-order valence-corrected chi connectivity index (χ3v) is 10.2. The largest absolute Gasteiger partial charge is 0.493 e. The number of nitrogens with one attached hydrogen (secondary N) is 1. The molecule has 3 aliphatic rings. The Kier molecular flexibility index (Phi) is 10.3. The Bertz CT molecular complexity index is 1740. The van der Waals surface area contributed by atoms with Crippen LogP contribution in [0.15, 0.2) is 42.5 Å². The molecule has 0 saturated carbocycles. The predicted molar refractivity (Wildman–Crippen MR) is 180 cm³/mol. The van der Waals surface area contributed by atoms with Crippen molar-refractivity contribution in [2.24, 2.45) is 17.3 Å². The van der Waals surface area contributed by atoms with Crippen LogP contribution in [0.2, 0.25) is 0 Å². The van der Waals surface area contributed by atoms with Gasteiger partial charge < -0.3 is 25.0 Å². The molecule has 5 rings (SSSR count). The molecule has 1 spiro atoms. The second kappa shape index (κ2) is 13.9. The average molecular weight is 734 g/mol. The summed E-state index contributed by atoms with van der Waals surface area (Å²) in [5.41, 5.74) is -3.23. The minimum Gasteiger partial charge on any atom is -0.493 e. The maximum Gasteiger partial charge on any atom is 0.416 e. The lowest BCUT2D eigenvalue weighted by Crippen LogP contribution is -2.64. The van der Waals surface area contributed by atoms with Gasteiger partial charge in [0.25, 0.3) is 11.8 Å². The van der Waals surface area contributed by atoms with E-state index in [4.69, 9.17) is 4.74 Å². The molecule has 3 fully saturated rings. The summed E-state index contributed by atoms with van der Waals surface area (Å²) in [6, 6.07) is 6.13. The van der Waals surface area contributed by atoms with Crippen molar-refractivity contribution < 1.29 is 51.4 Å². The Balaban J connectivity index is 1.27. The second-order valence-corrected chi connectivity index (χ2v) is 15.0. The highest BCUT2D eigenvalue weighted by Crippen LogP contribution is 2.42. The number of carbonyl (C=O) groups excluding carboxylic acids is 4. The number of carbonyl (C=O) groups is 5. The Labute approximate surface area is 298 Å². The first-order chi connectivity index (χ1) is 24.2. The predicted octanol–water partition coefficient (Wildman–Crippen LogP) is 5.46. The van der Waals surface area contributed by atoms with Crippen molar-refractivity contribution in [3.05, 3.63) is 59.4 Å². The lowest BCUT2D eigenvalue weighted by molar-refractivity contribution is -0.139. The van der Waals surface area contributed by atoms with Crippen LogP contribution in [-0.4, -0.2) is 101 Å². The van der Waals surface area contributed by atoms with Gasteiger partial charge in [0, 0.05) is 44.3 Å². The number of nitrogens with zero attached hydrogens (tertiary/aromatic N) is 4. The summed E-state index contributed by atoms with van der Waals surface area (Å²) in [7, 11) is 1.38. The van der Waals surface area contributed by atoms with Crippen LogP contribution < -0.4 is 15.0 Å². The molecule has 3 aliphatic heterocycles. The number of hydrogen-bond acceptors (Lipinski definition) is 6. The fraction of sp³-hybridized carbons (Fsp3) is 0.528. The SMILES string of the molecule is CC(C)C(NC(=O)c1cc(C(F)(F)F)ccc1F)C(=O)N1CCC2(CC1)C(=O)N(C)C(=O)N2c1ccc(OCC2CN(C(=O)O)[C@H]2C(C)(C)C)cc1. The lowest BCUT2D eigenvalue weighted by Gasteiger charge is -2.52. The number of carboxylic acid groups (broad SMARTS) is 1. The van der Waals surface area contributed by atoms with Crippen molar-refractivity contribution in [3.8, 4) is 5.75 Å². The van der Waals surface area contributed by atoms with Gasteiger partial charge in [-0.2, -0.15) is 13.2 Å². The van der Waals surface area contributed by atoms with Gasteiger partial charge in [-0.15, -0.1) is 0 Å². The summed E-state index contributed by atoms with van der Waals surface area (Å²) in [6.45, 7) is 9.85. The zero-order valence-electron chi connectivity index (χ0n) is 29.8. The molecule has 0 aliphatic carbocycles. The van der Waals surface area contributed by atoms with Crippen LogP contribution in [0.3, 0.4) is 0 Å². The molecule has 6 amide bonds. The fourth-order valence-corrected chi connectivity index (χ4v) is 7.52. The number of amides is 6. The zero-order valence-corrected chi connectivity index (χ0v) is 29.8. The van der Waals surface area contributed by atoms with Crippen LogP contribution in [-0.2, 0) is 15.8 Å². The highest BCUT2D eigenvalue weighted by molar-refractivity contribution is 6.16. The standard InChI is InChI=1S/C36H43F4N5O7/c1-20(2)27(41-29(46)25-17-22(36(38,39)40)7-12-26(25)37)30(47)43-15-13-35(14-16-43)31(48)42(6)32(49)45(35)23-8-10-24(11-9-23)52-19-21-18-44(33(50)51)28(21)34(3,4)5/h7-12,17,20-21,27-28H,13-16,18-19H2,1-6H3,(H,41,46)(H,50,51)/t21?,27?,28-/m1/s1. The van der Waals surface area contributed by atoms with Gasteiger partial charge in [0.05, 0.1) is 17.7 Å². The molecule has 16 heteroatoms. The van der Waals surface area contributed by atoms with E-state index in [2.05, 4.69) is 5.32 Å². The van der Waals surface area contributed by atoms with Crippen LogP contribution >= 0.6 is 0 Å². The van der Waals surface area contributed by atoms with Gasteiger partial charge in [-0.05, 0) is 66.6 Å². The summed E-state index contributed by atoms with van der Waals surface area (Å²) in [5.74, 6) is -3.39. The molecule has 0 aromatic heterocycles. The molecule has 2 N–H and O–H groups in total. The van der Waals surface area contributed by atoms with Gasteiger partial charge in [0.2, 0.25) is 5.91 Å². The normalized spacial score (nSPS) is 21.1. The number of imide groups is 1. The van der Waals surface area contributed by atoms with Crippen molar-refractivity contribution in [3.63, 3.8) is 0 Å². The van der Waals surface area contributed by atoms with E-state index < -0.39 is 70.5 Å². The summed E-state index contributed by atoms with van der Waals surface area (Å²) < 4.78 is 60.2. The number of anilines is 1. The highest BCUT2D eigenvalue weighted by atomic mass is 19.4. The molecular formula is C36H43F4N5O7. The van der Waals surface area contributed by atoms with Crippen molar-refractivity contribution in [2.45, 2.75) is 71.3 Å². The molecule has 3 saturated heterocycles. The highest BCUT2D eigenvalue weighted by Gasteiger charge is 2.58. The maximum atomic E-state index is 14.4. The first kappa shape index (κ1) is 38.3. The Morgan fingerprint density at radius 2 is 1.63 bits per heavy atom. The summed E-state index contributed by atoms with van der Waals surface area (Å²) in [6.07, 6.45) is -5.67. The molecule has 2 unspecified atom stereocenters. The van der Waals surface area contributed by atoms with E-state index in [1.54, 1.807) is 38.1 Å². The van der Waals surface area contributed by atoms with Crippen LogP contribution in [0.25, 0.3) is 0 Å². The number of alkyl halides is 3. The molecule has 0 bridgehead atoms. The van der Waals surface area contributed by atoms with Gasteiger partial charge in [-0.3, -0.25) is 24.2 Å². The van der Waals surface area contributed by atoms with E-state index in [1.165, 1.54) is 21.7 Å². The maximum absolute atomic E-state index is 14.4. The number of rotatable bonds is 8. The number of halogens is 4. The zero-order chi connectivity index (χ0) is 38.5. The molecule has 282 valence electrons. The number of ether oxygens (including phenoxy) is 1. The van der Waals surface area contributed by atoms with E-state index in [0.29, 0.717) is 36.2 Å². The molecule has 52 heavy (non-hydrogen) atoms. The molecule has 3 atom stereocenters. The number of hydrogen-bond donors (Lipinski definition) is 2. The Hall–Kier alpha value is -4.89. The van der Waals surface area contributed by atoms with Gasteiger partial charge in [-0.25, -0.2) is 14.0 Å². The molecule has 3 heterocycles. The van der Waals surface area contributed by atoms with Crippen molar-refractivity contribution in [1.82, 2.24) is 20.0 Å². The van der Waals surface area contributed by atoms with Gasteiger partial charge >= 0.3 is 18.3 Å². The smallest absolute Gasteiger partial charge is 0.416 e. The topological polar surface area (TPSA) is 140 Å². The van der Waals surface area contributed by atoms with Gasteiger partial charge in [0.1, 0.15) is 23.1 Å². The Morgan fingerprint density at radius 1 is 1.02 bits per heavy atom. The summed E-state index contributed by atoms with van der Waals surface area (Å²) >= 11 is 0. The second-order valence-electron chi connectivity index (χ2n) is 15.0. The van der Waals surface area contributed by atoms with Gasteiger partial charge in [0.15, 0.2) is 0 Å². The van der Waals surface area contributed by atoms with Crippen LogP contribution in [0, 0.1) is 23.1 Å². The number of urea groups is 1. The van der Waals surface area contributed by atoms with Crippen molar-refractivity contribution in [2.75, 3.05) is 38.2 Å². The van der Waals surface area contributed by atoms with E-state index in [-0.39, 0.29) is 49.9 Å². The quantitative estimate of drug-likeness (QED) is 0.271. The van der Waals surface area contributed by atoms with Crippen molar-refractivity contribution >= 4 is 35.5 Å².